The summed E-state index contributed by atoms with van der Waals surface area (Å²) >= 11 is 1.46. The van der Waals surface area contributed by atoms with E-state index in [-0.39, 0.29) is 18.0 Å². The number of hydrogen-bond donors (Lipinski definition) is 1. The quantitative estimate of drug-likeness (QED) is 0.719. The summed E-state index contributed by atoms with van der Waals surface area (Å²) in [6.45, 7) is 3.29. The minimum absolute atomic E-state index is 0.0280. The predicted octanol–water partition coefficient (Wildman–Crippen LogP) is 3.27. The molecule has 0 bridgehead atoms. The number of aromatic nitrogens is 2. The lowest BCUT2D eigenvalue weighted by Crippen LogP contribution is -2.49. The number of nitrogens with zero attached hydrogens (tertiary/aromatic N) is 4. The molecule has 2 aromatic heterocycles. The second kappa shape index (κ2) is 7.87. The second-order valence-electron chi connectivity index (χ2n) is 7.57. The van der Waals surface area contributed by atoms with Crippen LogP contribution >= 0.6 is 11.3 Å². The minimum Gasteiger partial charge on any atom is -0.348 e. The molecular formula is C21H25N5O2S. The highest BCUT2D eigenvalue weighted by Crippen LogP contribution is 2.30. The van der Waals surface area contributed by atoms with Gasteiger partial charge in [-0.2, -0.15) is 5.10 Å². The lowest BCUT2D eigenvalue weighted by Gasteiger charge is -2.33. The number of fused-ring (bicyclic) bond motifs is 1. The Morgan fingerprint density at radius 2 is 1.86 bits per heavy atom. The van der Waals surface area contributed by atoms with E-state index in [1.807, 2.05) is 52.9 Å². The Morgan fingerprint density at radius 3 is 2.52 bits per heavy atom. The van der Waals surface area contributed by atoms with E-state index in [9.17, 15) is 9.59 Å². The fourth-order valence-corrected chi connectivity index (χ4v) is 4.74. The molecule has 1 fully saturated rings. The topological polar surface area (TPSA) is 70.5 Å². The van der Waals surface area contributed by atoms with Crippen LogP contribution in [-0.2, 0) is 0 Å². The van der Waals surface area contributed by atoms with Crippen molar-refractivity contribution in [3.05, 3.63) is 47.0 Å². The van der Waals surface area contributed by atoms with Crippen molar-refractivity contribution in [1.82, 2.24) is 24.9 Å². The number of rotatable bonds is 3. The SMILES string of the molecule is Cc1nn(-c2ccccc2)c2sc(C(=O)NC3CCN(C(=O)N(C)C)CC3)cc12. The standard InChI is InChI=1S/C21H25N5O2S/c1-14-17-13-18(29-20(17)26(23-14)16-7-5-4-6-8-16)19(27)22-15-9-11-25(12-10-15)21(28)24(2)3/h4-8,13,15H,9-12H2,1-3H3,(H,22,27). The van der Waals surface area contributed by atoms with E-state index >= 15 is 0 Å². The van der Waals surface area contributed by atoms with Gasteiger partial charge in [0.2, 0.25) is 0 Å². The van der Waals surface area contributed by atoms with Crippen LogP contribution in [0.25, 0.3) is 15.9 Å². The molecule has 0 saturated carbocycles. The summed E-state index contributed by atoms with van der Waals surface area (Å²) in [6.07, 6.45) is 1.54. The van der Waals surface area contributed by atoms with E-state index in [0.717, 1.165) is 34.4 Å². The maximum atomic E-state index is 12.8. The van der Waals surface area contributed by atoms with Crippen LogP contribution < -0.4 is 5.32 Å². The van der Waals surface area contributed by atoms with Crippen LogP contribution in [0.1, 0.15) is 28.2 Å². The summed E-state index contributed by atoms with van der Waals surface area (Å²) in [4.78, 5) is 30.0. The highest BCUT2D eigenvalue weighted by Gasteiger charge is 2.26. The van der Waals surface area contributed by atoms with Gasteiger partial charge in [0.1, 0.15) is 4.83 Å². The summed E-state index contributed by atoms with van der Waals surface area (Å²) in [6, 6.07) is 12.0. The van der Waals surface area contributed by atoms with Crippen molar-refractivity contribution in [3.8, 4) is 5.69 Å². The first-order valence-electron chi connectivity index (χ1n) is 9.75. The highest BCUT2D eigenvalue weighted by molar-refractivity contribution is 7.20. The van der Waals surface area contributed by atoms with E-state index in [0.29, 0.717) is 18.0 Å². The molecule has 29 heavy (non-hydrogen) atoms. The Morgan fingerprint density at radius 1 is 1.17 bits per heavy atom. The molecule has 3 aromatic rings. The van der Waals surface area contributed by atoms with Gasteiger partial charge in [-0.3, -0.25) is 4.79 Å². The minimum atomic E-state index is -0.0532. The average Bonchev–Trinajstić information content (AvgIpc) is 3.29. The number of thiophene rings is 1. The maximum Gasteiger partial charge on any atom is 0.319 e. The number of urea groups is 1. The van der Waals surface area contributed by atoms with Crippen molar-refractivity contribution in [3.63, 3.8) is 0 Å². The van der Waals surface area contributed by atoms with Crippen molar-refractivity contribution in [2.75, 3.05) is 27.2 Å². The van der Waals surface area contributed by atoms with Crippen LogP contribution in [-0.4, -0.2) is 64.7 Å². The molecule has 1 aliphatic rings. The number of likely N-dealkylation sites (tertiary alicyclic amines) is 1. The fraction of sp³-hybridized carbons (Fsp3) is 0.381. The molecule has 3 heterocycles. The van der Waals surface area contributed by atoms with Gasteiger partial charge >= 0.3 is 6.03 Å². The first kappa shape index (κ1) is 19.4. The van der Waals surface area contributed by atoms with Crippen LogP contribution in [0.2, 0.25) is 0 Å². The molecule has 1 aromatic carbocycles. The summed E-state index contributed by atoms with van der Waals surface area (Å²) < 4.78 is 1.90. The number of carbonyl (C=O) groups excluding carboxylic acids is 2. The molecule has 3 amide bonds. The maximum absolute atomic E-state index is 12.8. The van der Waals surface area contributed by atoms with Crippen molar-refractivity contribution < 1.29 is 9.59 Å². The largest absolute Gasteiger partial charge is 0.348 e. The van der Waals surface area contributed by atoms with Gasteiger partial charge in [-0.1, -0.05) is 18.2 Å². The Hall–Kier alpha value is -2.87. The summed E-state index contributed by atoms with van der Waals surface area (Å²) in [5.41, 5.74) is 1.90. The zero-order valence-corrected chi connectivity index (χ0v) is 17.7. The van der Waals surface area contributed by atoms with Crippen LogP contribution in [0.3, 0.4) is 0 Å². The molecular weight excluding hydrogens is 386 g/mol. The molecule has 1 N–H and O–H groups in total. The lowest BCUT2D eigenvalue weighted by molar-refractivity contribution is 0.0918. The van der Waals surface area contributed by atoms with Crippen LogP contribution in [0.5, 0.6) is 0 Å². The molecule has 1 aliphatic heterocycles. The highest BCUT2D eigenvalue weighted by atomic mass is 32.1. The molecule has 0 spiro atoms. The van der Waals surface area contributed by atoms with Gasteiger partial charge in [0.25, 0.3) is 5.91 Å². The number of amides is 3. The molecule has 0 atom stereocenters. The van der Waals surface area contributed by atoms with Crippen LogP contribution in [0, 0.1) is 6.92 Å². The van der Waals surface area contributed by atoms with Gasteiger partial charge in [0.05, 0.1) is 16.3 Å². The van der Waals surface area contributed by atoms with E-state index in [2.05, 4.69) is 10.4 Å². The number of aryl methyl sites for hydroxylation is 1. The Balaban J connectivity index is 1.47. The summed E-state index contributed by atoms with van der Waals surface area (Å²) in [7, 11) is 3.52. The number of hydrogen-bond acceptors (Lipinski definition) is 4. The number of para-hydroxylation sites is 1. The van der Waals surface area contributed by atoms with Gasteiger partial charge in [0.15, 0.2) is 0 Å². The Labute approximate surface area is 173 Å². The molecule has 0 aliphatic carbocycles. The van der Waals surface area contributed by atoms with Crippen molar-refractivity contribution >= 4 is 33.5 Å². The predicted molar refractivity (Wildman–Crippen MR) is 115 cm³/mol. The first-order chi connectivity index (χ1) is 13.9. The second-order valence-corrected chi connectivity index (χ2v) is 8.60. The summed E-state index contributed by atoms with van der Waals surface area (Å²) in [5, 5.41) is 8.78. The van der Waals surface area contributed by atoms with E-state index in [4.69, 9.17) is 0 Å². The lowest BCUT2D eigenvalue weighted by atomic mass is 10.1. The third-order valence-corrected chi connectivity index (χ3v) is 6.36. The molecule has 1 saturated heterocycles. The average molecular weight is 412 g/mol. The van der Waals surface area contributed by atoms with E-state index in [1.54, 1.807) is 19.0 Å². The molecule has 7 nitrogen and oxygen atoms in total. The van der Waals surface area contributed by atoms with Crippen LogP contribution in [0.15, 0.2) is 36.4 Å². The summed E-state index contributed by atoms with van der Waals surface area (Å²) in [5.74, 6) is -0.0532. The molecule has 0 radical (unpaired) electrons. The van der Waals surface area contributed by atoms with Gasteiger partial charge < -0.3 is 15.1 Å². The van der Waals surface area contributed by atoms with Crippen LogP contribution in [0.4, 0.5) is 4.79 Å². The normalized spacial score (nSPS) is 14.9. The van der Waals surface area contributed by atoms with Gasteiger partial charge in [-0.15, -0.1) is 11.3 Å². The van der Waals surface area contributed by atoms with E-state index < -0.39 is 0 Å². The van der Waals surface area contributed by atoms with Gasteiger partial charge in [-0.05, 0) is 38.0 Å². The van der Waals surface area contributed by atoms with Crippen molar-refractivity contribution in [1.29, 1.82) is 0 Å². The van der Waals surface area contributed by atoms with Crippen molar-refractivity contribution in [2.24, 2.45) is 0 Å². The third-order valence-electron chi connectivity index (χ3n) is 5.25. The van der Waals surface area contributed by atoms with Crippen molar-refractivity contribution in [2.45, 2.75) is 25.8 Å². The number of nitrogens with one attached hydrogen (secondary N) is 1. The molecule has 8 heteroatoms. The van der Waals surface area contributed by atoms with Gasteiger partial charge in [0, 0.05) is 38.6 Å². The Bertz CT molecular complexity index is 1030. The molecule has 152 valence electrons. The zero-order chi connectivity index (χ0) is 20.5. The van der Waals surface area contributed by atoms with Gasteiger partial charge in [-0.25, -0.2) is 9.48 Å². The monoisotopic (exact) mass is 411 g/mol. The molecule has 0 unspecified atom stereocenters. The van der Waals surface area contributed by atoms with E-state index in [1.165, 1.54) is 11.3 Å². The smallest absolute Gasteiger partial charge is 0.319 e. The zero-order valence-electron chi connectivity index (χ0n) is 16.9. The first-order valence-corrected chi connectivity index (χ1v) is 10.6. The number of piperidine rings is 1. The Kier molecular flexibility index (Phi) is 5.27. The third kappa shape index (κ3) is 3.85. The molecule has 4 rings (SSSR count). The number of benzene rings is 1. The fourth-order valence-electron chi connectivity index (χ4n) is 3.66. The number of carbonyl (C=O) groups is 2.